The molecule has 0 spiro atoms. The number of hydrogen-bond acceptors (Lipinski definition) is 4. The summed E-state index contributed by atoms with van der Waals surface area (Å²) in [5, 5.41) is 13.3. The van der Waals surface area contributed by atoms with E-state index >= 15 is 0 Å². The third-order valence-corrected chi connectivity index (χ3v) is 3.26. The molecule has 0 saturated carbocycles. The number of rotatable bonds is 4. The molecule has 0 aliphatic heterocycles. The molecule has 0 fully saturated rings. The summed E-state index contributed by atoms with van der Waals surface area (Å²) in [6, 6.07) is 13.9. The van der Waals surface area contributed by atoms with E-state index in [1.54, 1.807) is 43.3 Å². The Labute approximate surface area is 129 Å². The van der Waals surface area contributed by atoms with Crippen LogP contribution in [0.15, 0.2) is 53.6 Å². The SMILES string of the molecule is CC(=NNC(=O)c1ccc(N(C)C)cc1)c1ccc(O)cc1. The van der Waals surface area contributed by atoms with Crippen molar-refractivity contribution in [2.24, 2.45) is 5.10 Å². The Kier molecular flexibility index (Phi) is 4.78. The van der Waals surface area contributed by atoms with Crippen LogP contribution >= 0.6 is 0 Å². The quantitative estimate of drug-likeness (QED) is 0.673. The first-order valence-corrected chi connectivity index (χ1v) is 6.89. The first-order chi connectivity index (χ1) is 10.5. The van der Waals surface area contributed by atoms with Gasteiger partial charge >= 0.3 is 0 Å². The zero-order valence-electron chi connectivity index (χ0n) is 12.9. The molecular formula is C17H19N3O2. The molecule has 0 radical (unpaired) electrons. The maximum atomic E-state index is 12.0. The molecular weight excluding hydrogens is 278 g/mol. The van der Waals surface area contributed by atoms with Crippen molar-refractivity contribution < 1.29 is 9.90 Å². The van der Waals surface area contributed by atoms with E-state index < -0.39 is 0 Å². The van der Waals surface area contributed by atoms with Crippen molar-refractivity contribution in [3.63, 3.8) is 0 Å². The second kappa shape index (κ2) is 6.76. The Morgan fingerprint density at radius 3 is 2.09 bits per heavy atom. The number of phenolic OH excluding ortho intramolecular Hbond substituents is 1. The van der Waals surface area contributed by atoms with E-state index in [1.807, 2.05) is 31.1 Å². The van der Waals surface area contributed by atoms with Crippen LogP contribution in [0, 0.1) is 0 Å². The monoisotopic (exact) mass is 297 g/mol. The third kappa shape index (κ3) is 3.85. The highest BCUT2D eigenvalue weighted by molar-refractivity contribution is 6.01. The van der Waals surface area contributed by atoms with E-state index in [1.165, 1.54) is 0 Å². The molecule has 0 aliphatic carbocycles. The van der Waals surface area contributed by atoms with Crippen LogP contribution in [0.2, 0.25) is 0 Å². The number of hydrogen-bond donors (Lipinski definition) is 2. The van der Waals surface area contributed by atoms with Crippen LogP contribution in [0.4, 0.5) is 5.69 Å². The lowest BCUT2D eigenvalue weighted by atomic mass is 10.1. The summed E-state index contributed by atoms with van der Waals surface area (Å²) in [5.41, 5.74) is 5.61. The van der Waals surface area contributed by atoms with Crippen LogP contribution in [-0.2, 0) is 0 Å². The summed E-state index contributed by atoms with van der Waals surface area (Å²) >= 11 is 0. The first kappa shape index (κ1) is 15.6. The molecule has 22 heavy (non-hydrogen) atoms. The van der Waals surface area contributed by atoms with Crippen LogP contribution in [-0.4, -0.2) is 30.8 Å². The van der Waals surface area contributed by atoms with E-state index in [9.17, 15) is 9.90 Å². The molecule has 2 aromatic rings. The lowest BCUT2D eigenvalue weighted by Crippen LogP contribution is -2.19. The number of amides is 1. The third-order valence-electron chi connectivity index (χ3n) is 3.26. The van der Waals surface area contributed by atoms with Gasteiger partial charge in [-0.15, -0.1) is 0 Å². The molecule has 0 atom stereocenters. The fraction of sp³-hybridized carbons (Fsp3) is 0.176. The highest BCUT2D eigenvalue weighted by Crippen LogP contribution is 2.12. The topological polar surface area (TPSA) is 64.9 Å². The van der Waals surface area contributed by atoms with Gasteiger partial charge in [0.05, 0.1) is 5.71 Å². The van der Waals surface area contributed by atoms with Crippen molar-refractivity contribution in [1.82, 2.24) is 5.43 Å². The predicted octanol–water partition coefficient (Wildman–Crippen LogP) is 2.61. The fourth-order valence-corrected chi connectivity index (χ4v) is 1.88. The molecule has 0 aromatic heterocycles. The van der Waals surface area contributed by atoms with E-state index in [4.69, 9.17) is 0 Å². The molecule has 2 N–H and O–H groups in total. The van der Waals surface area contributed by atoms with Crippen molar-refractivity contribution >= 4 is 17.3 Å². The minimum absolute atomic E-state index is 0.196. The standard InChI is InChI=1S/C17H19N3O2/c1-12(13-6-10-16(21)11-7-13)18-19-17(22)14-4-8-15(9-5-14)20(2)3/h4-11,21H,1-3H3,(H,19,22). The Hall–Kier alpha value is -2.82. The number of phenols is 1. The van der Waals surface area contributed by atoms with Crippen LogP contribution in [0.1, 0.15) is 22.8 Å². The molecule has 5 nitrogen and oxygen atoms in total. The maximum Gasteiger partial charge on any atom is 0.271 e. The van der Waals surface area contributed by atoms with Gasteiger partial charge in [-0.05, 0) is 61.0 Å². The molecule has 5 heteroatoms. The number of benzene rings is 2. The van der Waals surface area contributed by atoms with Gasteiger partial charge in [0.1, 0.15) is 5.75 Å². The molecule has 114 valence electrons. The van der Waals surface area contributed by atoms with E-state index in [0.717, 1.165) is 11.3 Å². The van der Waals surface area contributed by atoms with Gasteiger partial charge in [-0.25, -0.2) is 5.43 Å². The van der Waals surface area contributed by atoms with Crippen molar-refractivity contribution in [2.75, 3.05) is 19.0 Å². The number of hydrazone groups is 1. The van der Waals surface area contributed by atoms with Crippen molar-refractivity contribution in [3.8, 4) is 5.75 Å². The Balaban J connectivity index is 2.05. The van der Waals surface area contributed by atoms with Gasteiger partial charge in [0.2, 0.25) is 0 Å². The first-order valence-electron chi connectivity index (χ1n) is 6.89. The second-order valence-corrected chi connectivity index (χ2v) is 5.13. The lowest BCUT2D eigenvalue weighted by molar-refractivity contribution is 0.0955. The highest BCUT2D eigenvalue weighted by Gasteiger charge is 2.05. The lowest BCUT2D eigenvalue weighted by Gasteiger charge is -2.12. The van der Waals surface area contributed by atoms with E-state index in [0.29, 0.717) is 11.3 Å². The molecule has 0 aliphatic rings. The second-order valence-electron chi connectivity index (χ2n) is 5.13. The average Bonchev–Trinajstić information content (AvgIpc) is 2.53. The van der Waals surface area contributed by atoms with Gasteiger partial charge in [-0.1, -0.05) is 0 Å². The Bertz CT molecular complexity index is 674. The summed E-state index contributed by atoms with van der Waals surface area (Å²) in [4.78, 5) is 14.0. The largest absolute Gasteiger partial charge is 0.508 e. The molecule has 0 heterocycles. The minimum Gasteiger partial charge on any atom is -0.508 e. The van der Waals surface area contributed by atoms with Gasteiger partial charge in [0.15, 0.2) is 0 Å². The number of anilines is 1. The van der Waals surface area contributed by atoms with Crippen LogP contribution in [0.25, 0.3) is 0 Å². The summed E-state index contributed by atoms with van der Waals surface area (Å²) < 4.78 is 0. The molecule has 0 bridgehead atoms. The predicted molar refractivity (Wildman–Crippen MR) is 88.6 cm³/mol. The van der Waals surface area contributed by atoms with Crippen molar-refractivity contribution in [1.29, 1.82) is 0 Å². The fourth-order valence-electron chi connectivity index (χ4n) is 1.88. The van der Waals surface area contributed by atoms with E-state index in [2.05, 4.69) is 10.5 Å². The van der Waals surface area contributed by atoms with Crippen LogP contribution < -0.4 is 10.3 Å². The van der Waals surface area contributed by atoms with Gasteiger partial charge < -0.3 is 10.0 Å². The highest BCUT2D eigenvalue weighted by atomic mass is 16.3. The molecule has 2 rings (SSSR count). The number of nitrogens with zero attached hydrogens (tertiary/aromatic N) is 2. The number of aromatic hydroxyl groups is 1. The summed E-state index contributed by atoms with van der Waals surface area (Å²) in [6.07, 6.45) is 0. The Morgan fingerprint density at radius 2 is 1.55 bits per heavy atom. The summed E-state index contributed by atoms with van der Waals surface area (Å²) in [7, 11) is 3.89. The number of nitrogens with one attached hydrogen (secondary N) is 1. The average molecular weight is 297 g/mol. The molecule has 0 saturated heterocycles. The van der Waals surface area contributed by atoms with Gasteiger partial charge in [0, 0.05) is 25.3 Å². The molecule has 0 unspecified atom stereocenters. The van der Waals surface area contributed by atoms with Crippen LogP contribution in [0.3, 0.4) is 0 Å². The number of carbonyl (C=O) groups excluding carboxylic acids is 1. The van der Waals surface area contributed by atoms with Crippen LogP contribution in [0.5, 0.6) is 5.75 Å². The van der Waals surface area contributed by atoms with Gasteiger partial charge in [-0.2, -0.15) is 5.10 Å². The Morgan fingerprint density at radius 1 is 1.00 bits per heavy atom. The van der Waals surface area contributed by atoms with Gasteiger partial charge in [-0.3, -0.25) is 4.79 Å². The molecule has 1 amide bonds. The summed E-state index contributed by atoms with van der Waals surface area (Å²) in [5.74, 6) is -0.0648. The number of carbonyl (C=O) groups is 1. The van der Waals surface area contributed by atoms with Crippen molar-refractivity contribution in [3.05, 3.63) is 59.7 Å². The zero-order chi connectivity index (χ0) is 16.1. The van der Waals surface area contributed by atoms with Crippen molar-refractivity contribution in [2.45, 2.75) is 6.92 Å². The van der Waals surface area contributed by atoms with Gasteiger partial charge in [0.25, 0.3) is 5.91 Å². The van der Waals surface area contributed by atoms with E-state index in [-0.39, 0.29) is 11.7 Å². The smallest absolute Gasteiger partial charge is 0.271 e. The normalized spacial score (nSPS) is 11.1. The maximum absolute atomic E-state index is 12.0. The minimum atomic E-state index is -0.261. The molecule has 2 aromatic carbocycles. The zero-order valence-corrected chi connectivity index (χ0v) is 12.9. The summed E-state index contributed by atoms with van der Waals surface area (Å²) in [6.45, 7) is 1.79.